The van der Waals surface area contributed by atoms with Crippen molar-refractivity contribution in [2.75, 3.05) is 13.1 Å². The molecule has 0 heterocycles. The van der Waals surface area contributed by atoms with Crippen molar-refractivity contribution in [2.45, 2.75) is 30.1 Å². The van der Waals surface area contributed by atoms with Gasteiger partial charge in [0.05, 0.1) is 4.90 Å². The van der Waals surface area contributed by atoms with Gasteiger partial charge in [-0.1, -0.05) is 48.5 Å². The van der Waals surface area contributed by atoms with Gasteiger partial charge in [0.2, 0.25) is 0 Å². The number of nitrogens with zero attached hydrogens (tertiary/aromatic N) is 1. The lowest BCUT2D eigenvalue weighted by Crippen LogP contribution is -2.45. The van der Waals surface area contributed by atoms with E-state index in [0.717, 1.165) is 53.1 Å². The number of benzene rings is 3. The SMILES string of the molecule is O=C(O)CN(CCC1c2ccccc2CCc2ccccc21)C(=O)NS(=O)(=O)c1ccc(F)cc1. The van der Waals surface area contributed by atoms with Crippen LogP contribution in [0.4, 0.5) is 9.18 Å². The van der Waals surface area contributed by atoms with Gasteiger partial charge < -0.3 is 10.0 Å². The molecule has 0 radical (unpaired) electrons. The van der Waals surface area contributed by atoms with Crippen LogP contribution in [0.5, 0.6) is 0 Å². The minimum absolute atomic E-state index is 0.0183. The normalized spacial score (nSPS) is 13.3. The number of carboxylic acid groups (broad SMARTS) is 1. The summed E-state index contributed by atoms with van der Waals surface area (Å²) in [4.78, 5) is 25.0. The number of carbonyl (C=O) groups excluding carboxylic acids is 1. The second-order valence-electron chi connectivity index (χ2n) is 8.42. The van der Waals surface area contributed by atoms with Gasteiger partial charge in [-0.2, -0.15) is 0 Å². The molecular weight excluding hydrogens is 471 g/mol. The summed E-state index contributed by atoms with van der Waals surface area (Å²) in [5, 5.41) is 9.36. The first-order valence-electron chi connectivity index (χ1n) is 11.2. The number of carboxylic acids is 1. The van der Waals surface area contributed by atoms with Crippen LogP contribution in [-0.4, -0.2) is 43.5 Å². The number of fused-ring (bicyclic) bond motifs is 2. The number of carbonyl (C=O) groups is 2. The van der Waals surface area contributed by atoms with Crippen molar-refractivity contribution < 1.29 is 27.5 Å². The van der Waals surface area contributed by atoms with Crippen LogP contribution in [0, 0.1) is 5.82 Å². The van der Waals surface area contributed by atoms with Crippen molar-refractivity contribution in [3.05, 3.63) is 101 Å². The Morgan fingerprint density at radius 2 is 1.46 bits per heavy atom. The predicted molar refractivity (Wildman–Crippen MR) is 128 cm³/mol. The van der Waals surface area contributed by atoms with Gasteiger partial charge in [-0.25, -0.2) is 22.3 Å². The second kappa shape index (κ2) is 10.3. The Labute approximate surface area is 203 Å². The van der Waals surface area contributed by atoms with E-state index in [1.807, 2.05) is 41.1 Å². The number of hydrogen-bond acceptors (Lipinski definition) is 4. The van der Waals surface area contributed by atoms with E-state index < -0.39 is 34.4 Å². The number of aryl methyl sites for hydroxylation is 2. The van der Waals surface area contributed by atoms with E-state index in [0.29, 0.717) is 6.42 Å². The van der Waals surface area contributed by atoms with Crippen LogP contribution in [0.15, 0.2) is 77.7 Å². The Kier molecular flexibility index (Phi) is 7.16. The number of aliphatic carboxylic acids is 1. The molecule has 2 N–H and O–H groups in total. The Balaban J connectivity index is 1.58. The van der Waals surface area contributed by atoms with Crippen molar-refractivity contribution >= 4 is 22.0 Å². The molecule has 0 atom stereocenters. The van der Waals surface area contributed by atoms with Crippen LogP contribution in [0.25, 0.3) is 0 Å². The fourth-order valence-electron chi connectivity index (χ4n) is 4.50. The highest BCUT2D eigenvalue weighted by Gasteiger charge is 2.27. The molecule has 3 aromatic rings. The Hall–Kier alpha value is -3.72. The number of sulfonamides is 1. The largest absolute Gasteiger partial charge is 0.480 e. The van der Waals surface area contributed by atoms with Crippen molar-refractivity contribution in [3.8, 4) is 0 Å². The minimum Gasteiger partial charge on any atom is -0.480 e. The topological polar surface area (TPSA) is 104 Å². The Morgan fingerprint density at radius 1 is 0.914 bits per heavy atom. The molecule has 0 fully saturated rings. The first kappa shape index (κ1) is 24.4. The number of hydrogen-bond donors (Lipinski definition) is 2. The lowest BCUT2D eigenvalue weighted by molar-refractivity contribution is -0.137. The summed E-state index contributed by atoms with van der Waals surface area (Å²) in [5.74, 6) is -1.96. The molecule has 0 spiro atoms. The molecule has 0 bridgehead atoms. The third kappa shape index (κ3) is 5.68. The molecule has 1 aliphatic rings. The monoisotopic (exact) mass is 496 g/mol. The van der Waals surface area contributed by atoms with Crippen LogP contribution < -0.4 is 4.72 Å². The van der Waals surface area contributed by atoms with Crippen LogP contribution in [-0.2, 0) is 27.7 Å². The number of halogens is 1. The molecule has 4 rings (SSSR count). The molecule has 0 aliphatic heterocycles. The number of amides is 2. The van der Waals surface area contributed by atoms with E-state index in [2.05, 4.69) is 12.1 Å². The van der Waals surface area contributed by atoms with Crippen molar-refractivity contribution in [2.24, 2.45) is 0 Å². The molecule has 1 aliphatic carbocycles. The average molecular weight is 497 g/mol. The van der Waals surface area contributed by atoms with E-state index in [1.54, 1.807) is 0 Å². The van der Waals surface area contributed by atoms with E-state index in [-0.39, 0.29) is 17.4 Å². The Bertz CT molecular complexity index is 1290. The van der Waals surface area contributed by atoms with Crippen molar-refractivity contribution in [1.29, 1.82) is 0 Å². The maximum absolute atomic E-state index is 13.2. The molecular formula is C26H25FN2O5S. The first-order valence-corrected chi connectivity index (χ1v) is 12.7. The predicted octanol–water partition coefficient (Wildman–Crippen LogP) is 3.93. The maximum Gasteiger partial charge on any atom is 0.331 e. The number of nitrogens with one attached hydrogen (secondary N) is 1. The smallest absolute Gasteiger partial charge is 0.331 e. The average Bonchev–Trinajstić information content (AvgIpc) is 2.98. The van der Waals surface area contributed by atoms with E-state index in [9.17, 15) is 27.5 Å². The summed E-state index contributed by atoms with van der Waals surface area (Å²) in [7, 11) is -4.30. The Morgan fingerprint density at radius 3 is 2.00 bits per heavy atom. The summed E-state index contributed by atoms with van der Waals surface area (Å²) in [6, 6.07) is 19.1. The highest BCUT2D eigenvalue weighted by Crippen LogP contribution is 2.36. The molecule has 0 saturated carbocycles. The zero-order valence-corrected chi connectivity index (χ0v) is 19.7. The molecule has 3 aromatic carbocycles. The molecule has 0 aromatic heterocycles. The van der Waals surface area contributed by atoms with Crippen molar-refractivity contribution in [3.63, 3.8) is 0 Å². The molecule has 182 valence electrons. The van der Waals surface area contributed by atoms with Crippen LogP contribution in [0.3, 0.4) is 0 Å². The molecule has 35 heavy (non-hydrogen) atoms. The zero-order valence-electron chi connectivity index (χ0n) is 18.9. The highest BCUT2D eigenvalue weighted by atomic mass is 32.2. The zero-order chi connectivity index (χ0) is 25.0. The number of urea groups is 1. The number of rotatable bonds is 7. The quantitative estimate of drug-likeness (QED) is 0.516. The molecule has 7 nitrogen and oxygen atoms in total. The van der Waals surface area contributed by atoms with Gasteiger partial charge in [-0.3, -0.25) is 4.79 Å². The fourth-order valence-corrected chi connectivity index (χ4v) is 5.48. The summed E-state index contributed by atoms with van der Waals surface area (Å²) >= 11 is 0. The van der Waals surface area contributed by atoms with Crippen LogP contribution in [0.2, 0.25) is 0 Å². The maximum atomic E-state index is 13.2. The van der Waals surface area contributed by atoms with Crippen molar-refractivity contribution in [1.82, 2.24) is 9.62 Å². The van der Waals surface area contributed by atoms with E-state index in [1.165, 1.54) is 11.1 Å². The standard InChI is InChI=1S/C26H25FN2O5S/c27-20-11-13-21(14-12-20)35(33,34)28-26(32)29(17-25(30)31)16-15-24-22-7-3-1-5-18(22)9-10-19-6-2-4-8-23(19)24/h1-8,11-14,24H,9-10,15-17H2,(H,28,32)(H,30,31). The van der Waals surface area contributed by atoms with Crippen LogP contribution in [0.1, 0.15) is 34.6 Å². The summed E-state index contributed by atoms with van der Waals surface area (Å²) < 4.78 is 40.3. The third-order valence-electron chi connectivity index (χ3n) is 6.17. The lowest BCUT2D eigenvalue weighted by atomic mass is 9.85. The fraction of sp³-hybridized carbons (Fsp3) is 0.231. The van der Waals surface area contributed by atoms with Crippen LogP contribution >= 0.6 is 0 Å². The molecule has 0 saturated heterocycles. The van der Waals surface area contributed by atoms with Gasteiger partial charge in [0.25, 0.3) is 10.0 Å². The summed E-state index contributed by atoms with van der Waals surface area (Å²) in [6.45, 7) is -0.648. The molecule has 9 heteroatoms. The molecule has 2 amide bonds. The first-order chi connectivity index (χ1) is 16.7. The minimum atomic E-state index is -4.30. The van der Waals surface area contributed by atoms with Gasteiger partial charge >= 0.3 is 12.0 Å². The second-order valence-corrected chi connectivity index (χ2v) is 10.1. The van der Waals surface area contributed by atoms with Gasteiger partial charge in [-0.15, -0.1) is 0 Å². The summed E-state index contributed by atoms with van der Waals surface area (Å²) in [6.07, 6.45) is 2.16. The van der Waals surface area contributed by atoms with Gasteiger partial charge in [-0.05, 0) is 65.8 Å². The van der Waals surface area contributed by atoms with Gasteiger partial charge in [0.15, 0.2) is 0 Å². The third-order valence-corrected chi connectivity index (χ3v) is 7.51. The van der Waals surface area contributed by atoms with Gasteiger partial charge in [0, 0.05) is 12.5 Å². The van der Waals surface area contributed by atoms with Gasteiger partial charge in [0.1, 0.15) is 12.4 Å². The molecule has 0 unspecified atom stereocenters. The van der Waals surface area contributed by atoms with E-state index in [4.69, 9.17) is 0 Å². The van der Waals surface area contributed by atoms with E-state index >= 15 is 0 Å². The highest BCUT2D eigenvalue weighted by molar-refractivity contribution is 7.90. The lowest BCUT2D eigenvalue weighted by Gasteiger charge is -2.26. The summed E-state index contributed by atoms with van der Waals surface area (Å²) in [5.41, 5.74) is 4.63.